The zero-order valence-electron chi connectivity index (χ0n) is 8.41. The summed E-state index contributed by atoms with van der Waals surface area (Å²) in [4.78, 5) is 3.82. The molecular weight excluding hydrogens is 226 g/mol. The van der Waals surface area contributed by atoms with E-state index in [1.54, 1.807) is 0 Å². The topological polar surface area (TPSA) is 78.0 Å². The average molecular weight is 237 g/mol. The second kappa shape index (κ2) is 4.46. The Morgan fingerprint density at radius 2 is 1.94 bits per heavy atom. The van der Waals surface area contributed by atoms with Crippen molar-refractivity contribution in [1.82, 2.24) is 8.96 Å². The van der Waals surface area contributed by atoms with Gasteiger partial charge in [-0.1, -0.05) is 24.3 Å². The first-order valence-corrected chi connectivity index (χ1v) is 5.82. The fraction of sp³-hybridized carbons (Fsp3) is 0.100. The number of aromatic nitrogens is 2. The van der Waals surface area contributed by atoms with Crippen LogP contribution < -0.4 is 5.73 Å². The van der Waals surface area contributed by atoms with Gasteiger partial charge in [0.1, 0.15) is 6.33 Å². The van der Waals surface area contributed by atoms with Crippen molar-refractivity contribution in [2.75, 3.05) is 0 Å². The van der Waals surface area contributed by atoms with Gasteiger partial charge >= 0.3 is 0 Å². The van der Waals surface area contributed by atoms with Crippen LogP contribution in [0.25, 0.3) is 11.3 Å². The Bertz CT molecular complexity index is 550. The summed E-state index contributed by atoms with van der Waals surface area (Å²) in [6, 6.07) is 7.39. The predicted octanol–water partition coefficient (Wildman–Crippen LogP) is 0.383. The summed E-state index contributed by atoms with van der Waals surface area (Å²) in [5.74, 6) is 0. The molecule has 1 aromatic heterocycles. The lowest BCUT2D eigenvalue weighted by atomic mass is 10.1. The Kier molecular flexibility index (Phi) is 3.02. The Morgan fingerprint density at radius 1 is 1.25 bits per heavy atom. The summed E-state index contributed by atoms with van der Waals surface area (Å²) in [7, 11) is -2.68. The van der Waals surface area contributed by atoms with Crippen LogP contribution in [0.1, 0.15) is 5.56 Å². The van der Waals surface area contributed by atoms with E-state index in [-0.39, 0.29) is 0 Å². The number of hydrogen-bond acceptors (Lipinski definition) is 4. The van der Waals surface area contributed by atoms with Crippen molar-refractivity contribution in [2.24, 2.45) is 5.73 Å². The van der Waals surface area contributed by atoms with Crippen LogP contribution in [-0.2, 0) is 17.4 Å². The molecule has 0 radical (unpaired) electrons. The zero-order chi connectivity index (χ0) is 11.5. The molecule has 0 aliphatic heterocycles. The van der Waals surface area contributed by atoms with Crippen LogP contribution in [0, 0.1) is 0 Å². The minimum absolute atomic E-state index is 0.468. The molecule has 6 heteroatoms. The highest BCUT2D eigenvalue weighted by atomic mass is 32.2. The molecule has 2 rings (SSSR count). The van der Waals surface area contributed by atoms with Crippen molar-refractivity contribution < 1.29 is 8.42 Å². The van der Waals surface area contributed by atoms with Crippen LogP contribution in [0.5, 0.6) is 0 Å². The number of imidazole rings is 1. The van der Waals surface area contributed by atoms with Crippen LogP contribution in [0.2, 0.25) is 0 Å². The first-order valence-electron chi connectivity index (χ1n) is 4.69. The molecule has 0 spiro atoms. The number of benzene rings is 1. The third kappa shape index (κ3) is 1.98. The zero-order valence-corrected chi connectivity index (χ0v) is 9.30. The molecule has 5 nitrogen and oxygen atoms in total. The monoisotopic (exact) mass is 237 g/mol. The molecule has 16 heavy (non-hydrogen) atoms. The predicted molar refractivity (Wildman–Crippen MR) is 61.3 cm³/mol. The van der Waals surface area contributed by atoms with E-state index in [0.717, 1.165) is 15.1 Å². The van der Waals surface area contributed by atoms with Gasteiger partial charge in [0.05, 0.1) is 11.9 Å². The van der Waals surface area contributed by atoms with E-state index < -0.39 is 10.9 Å². The number of hydrogen-bond donors (Lipinski definition) is 2. The first kappa shape index (κ1) is 10.8. The molecular formula is C10H11N3O2S. The van der Waals surface area contributed by atoms with Gasteiger partial charge in [-0.25, -0.2) is 17.4 Å². The lowest BCUT2D eigenvalue weighted by Gasteiger charge is -2.02. The summed E-state index contributed by atoms with van der Waals surface area (Å²) in [6.07, 6.45) is 2.79. The minimum atomic E-state index is -2.68. The molecule has 2 aromatic rings. The molecule has 1 aromatic carbocycles. The molecule has 0 saturated carbocycles. The second-order valence-corrected chi connectivity index (χ2v) is 4.17. The lowest BCUT2D eigenvalue weighted by Crippen LogP contribution is -1.98. The van der Waals surface area contributed by atoms with E-state index in [9.17, 15) is 8.42 Å². The maximum absolute atomic E-state index is 10.9. The molecule has 0 unspecified atom stereocenters. The van der Waals surface area contributed by atoms with Gasteiger partial charge in [0, 0.05) is 12.1 Å². The van der Waals surface area contributed by atoms with E-state index in [0.29, 0.717) is 12.2 Å². The highest BCUT2D eigenvalue weighted by Crippen LogP contribution is 2.19. The summed E-state index contributed by atoms with van der Waals surface area (Å²) in [5, 5.41) is 0. The van der Waals surface area contributed by atoms with Crippen molar-refractivity contribution in [3.8, 4) is 11.3 Å². The van der Waals surface area contributed by atoms with Gasteiger partial charge in [-0.15, -0.1) is 0 Å². The summed E-state index contributed by atoms with van der Waals surface area (Å²) < 4.78 is 23.0. The number of thiol groups is 1. The fourth-order valence-corrected chi connectivity index (χ4v) is 1.92. The van der Waals surface area contributed by atoms with Crippen LogP contribution >= 0.6 is 0 Å². The normalized spacial score (nSPS) is 10.9. The molecule has 2 N–H and O–H groups in total. The van der Waals surface area contributed by atoms with E-state index in [1.165, 1.54) is 12.5 Å². The van der Waals surface area contributed by atoms with Crippen molar-refractivity contribution >= 4 is 10.9 Å². The SMILES string of the molecule is NCc1ccc(-c2cncn2[SH](=O)=O)cc1. The van der Waals surface area contributed by atoms with Crippen LogP contribution in [-0.4, -0.2) is 17.4 Å². The number of nitrogens with two attached hydrogens (primary N) is 1. The summed E-state index contributed by atoms with van der Waals surface area (Å²) >= 11 is 0. The van der Waals surface area contributed by atoms with Crippen LogP contribution in [0.15, 0.2) is 36.8 Å². The average Bonchev–Trinajstić information content (AvgIpc) is 2.78. The maximum atomic E-state index is 10.9. The van der Waals surface area contributed by atoms with Crippen molar-refractivity contribution in [3.05, 3.63) is 42.4 Å². The van der Waals surface area contributed by atoms with Gasteiger partial charge in [-0.3, -0.25) is 0 Å². The lowest BCUT2D eigenvalue weighted by molar-refractivity contribution is 0.607. The largest absolute Gasteiger partial charge is 0.326 e. The minimum Gasteiger partial charge on any atom is -0.326 e. The number of rotatable bonds is 3. The standard InChI is InChI=1S/C10H11N3O2S/c11-5-8-1-3-9(4-2-8)10-6-12-7-13(10)16(14)15/h1-4,6-7,16H,5,11H2. The molecule has 1 heterocycles. The van der Waals surface area contributed by atoms with Crippen LogP contribution in [0.4, 0.5) is 0 Å². The molecule has 84 valence electrons. The van der Waals surface area contributed by atoms with Crippen LogP contribution in [0.3, 0.4) is 0 Å². The highest BCUT2D eigenvalue weighted by Gasteiger charge is 2.05. The molecule has 0 aliphatic carbocycles. The Morgan fingerprint density at radius 3 is 2.50 bits per heavy atom. The number of nitrogens with zero attached hydrogens (tertiary/aromatic N) is 2. The molecule has 0 amide bonds. The Hall–Kier alpha value is -1.66. The molecule has 0 aliphatic rings. The van der Waals surface area contributed by atoms with Crippen molar-refractivity contribution in [2.45, 2.75) is 6.54 Å². The van der Waals surface area contributed by atoms with Gasteiger partial charge in [0.15, 0.2) is 0 Å². The molecule has 0 atom stereocenters. The highest BCUT2D eigenvalue weighted by molar-refractivity contribution is 7.70. The third-order valence-electron chi connectivity index (χ3n) is 2.28. The van der Waals surface area contributed by atoms with E-state index >= 15 is 0 Å². The first-order chi connectivity index (χ1) is 7.72. The molecule has 0 fully saturated rings. The molecule has 0 saturated heterocycles. The van der Waals surface area contributed by atoms with E-state index in [2.05, 4.69) is 4.98 Å². The fourth-order valence-electron chi connectivity index (χ4n) is 1.44. The van der Waals surface area contributed by atoms with E-state index in [4.69, 9.17) is 5.73 Å². The maximum Gasteiger partial charge on any atom is 0.230 e. The smallest absolute Gasteiger partial charge is 0.230 e. The van der Waals surface area contributed by atoms with Gasteiger partial charge in [-0.05, 0) is 5.56 Å². The van der Waals surface area contributed by atoms with E-state index in [1.807, 2.05) is 24.3 Å². The van der Waals surface area contributed by atoms with Crippen molar-refractivity contribution in [3.63, 3.8) is 0 Å². The summed E-state index contributed by atoms with van der Waals surface area (Å²) in [6.45, 7) is 0.468. The Labute approximate surface area is 94.6 Å². The second-order valence-electron chi connectivity index (χ2n) is 3.26. The van der Waals surface area contributed by atoms with Gasteiger partial charge in [-0.2, -0.15) is 0 Å². The van der Waals surface area contributed by atoms with Gasteiger partial charge < -0.3 is 5.73 Å². The third-order valence-corrected chi connectivity index (χ3v) is 2.95. The van der Waals surface area contributed by atoms with Crippen molar-refractivity contribution in [1.29, 1.82) is 0 Å². The van der Waals surface area contributed by atoms with Gasteiger partial charge in [0.25, 0.3) is 0 Å². The Balaban J connectivity index is 2.46. The summed E-state index contributed by atoms with van der Waals surface area (Å²) in [5.41, 5.74) is 7.84. The van der Waals surface area contributed by atoms with Gasteiger partial charge in [0.2, 0.25) is 10.9 Å². The molecule has 0 bridgehead atoms. The quantitative estimate of drug-likeness (QED) is 0.757.